The van der Waals surface area contributed by atoms with Gasteiger partial charge in [-0.2, -0.15) is 0 Å². The smallest absolute Gasteiger partial charge is 0.131 e. The predicted octanol–water partition coefficient (Wildman–Crippen LogP) is -4.34. The minimum atomic E-state index is -1.55. The number of aliphatic hydroxyl groups is 5. The molecule has 0 amide bonds. The highest BCUT2D eigenvalue weighted by molar-refractivity contribution is 4.79. The molecule has 0 saturated carbocycles. The van der Waals surface area contributed by atoms with Crippen molar-refractivity contribution in [3.8, 4) is 0 Å². The van der Waals surface area contributed by atoms with Crippen molar-refractivity contribution in [2.75, 3.05) is 13.2 Å². The molecule has 0 aromatic rings. The Kier molecular flexibility index (Phi) is 5.31. The van der Waals surface area contributed by atoms with Crippen molar-refractivity contribution >= 4 is 0 Å². The fourth-order valence-electron chi connectivity index (χ4n) is 0.734. The Morgan fingerprint density at radius 1 is 0.917 bits per heavy atom. The lowest BCUT2D eigenvalue weighted by Crippen LogP contribution is -2.61. The van der Waals surface area contributed by atoms with E-state index in [1.54, 1.807) is 0 Å². The summed E-state index contributed by atoms with van der Waals surface area (Å²) in [6, 6.07) is 0. The van der Waals surface area contributed by atoms with Gasteiger partial charge in [0.15, 0.2) is 0 Å². The number of hydrogen-bond donors (Lipinski definition) is 6. The Bertz CT molecular complexity index is 109. The second kappa shape index (κ2) is 5.41. The van der Waals surface area contributed by atoms with Crippen molar-refractivity contribution in [1.82, 2.24) is 0 Å². The van der Waals surface area contributed by atoms with Crippen LogP contribution in [-0.2, 0) is 0 Å². The third-order valence-electron chi connectivity index (χ3n) is 1.62. The van der Waals surface area contributed by atoms with Crippen LogP contribution in [-0.4, -0.2) is 63.1 Å². The highest BCUT2D eigenvalue weighted by Gasteiger charge is 2.29. The molecular formula is C6H16NO5+. The minimum Gasteiger partial charge on any atom is -0.394 e. The van der Waals surface area contributed by atoms with Gasteiger partial charge in [0.1, 0.15) is 31.0 Å². The van der Waals surface area contributed by atoms with Crippen molar-refractivity contribution < 1.29 is 31.3 Å². The van der Waals surface area contributed by atoms with E-state index in [4.69, 9.17) is 25.5 Å². The molecule has 0 saturated heterocycles. The maximum Gasteiger partial charge on any atom is 0.131 e. The van der Waals surface area contributed by atoms with Crippen LogP contribution in [0.15, 0.2) is 0 Å². The molecule has 0 radical (unpaired) electrons. The molecule has 0 aromatic heterocycles. The summed E-state index contributed by atoms with van der Waals surface area (Å²) in [6.45, 7) is -0.640. The summed E-state index contributed by atoms with van der Waals surface area (Å²) in [5.41, 5.74) is 3.31. The molecule has 0 fully saturated rings. The van der Waals surface area contributed by atoms with E-state index in [-0.39, 0.29) is 6.54 Å². The van der Waals surface area contributed by atoms with Gasteiger partial charge in [-0.25, -0.2) is 0 Å². The highest BCUT2D eigenvalue weighted by atomic mass is 16.4. The summed E-state index contributed by atoms with van der Waals surface area (Å²) in [6.07, 6.45) is -5.67. The molecule has 8 N–H and O–H groups in total. The van der Waals surface area contributed by atoms with Crippen LogP contribution < -0.4 is 5.73 Å². The lowest BCUT2D eigenvalue weighted by molar-refractivity contribution is -0.390. The maximum atomic E-state index is 9.08. The fourth-order valence-corrected chi connectivity index (χ4v) is 0.734. The Balaban J connectivity index is 3.99. The second-order valence-corrected chi connectivity index (χ2v) is 2.59. The Morgan fingerprint density at radius 3 is 1.67 bits per heavy atom. The van der Waals surface area contributed by atoms with Crippen molar-refractivity contribution in [3.05, 3.63) is 0 Å². The standard InChI is InChI=1S/C6H15NO5/c7-1-3(9)5(11)6(12)4(10)2-8/h3-6,8-12H,1-2,7H2/p+1/t3-,4+,5+,6+/m1/s1. The zero-order chi connectivity index (χ0) is 9.72. The molecule has 0 aliphatic carbocycles. The molecule has 0 rings (SSSR count). The Hall–Kier alpha value is -0.240. The van der Waals surface area contributed by atoms with E-state index in [1.807, 2.05) is 0 Å². The van der Waals surface area contributed by atoms with E-state index < -0.39 is 31.0 Å². The average molecular weight is 182 g/mol. The van der Waals surface area contributed by atoms with Gasteiger partial charge in [-0.15, -0.1) is 0 Å². The van der Waals surface area contributed by atoms with Crippen LogP contribution in [0.2, 0.25) is 0 Å². The average Bonchev–Trinajstić information content (AvgIpc) is 2.12. The van der Waals surface area contributed by atoms with Crippen LogP contribution in [0.3, 0.4) is 0 Å². The van der Waals surface area contributed by atoms with Crippen LogP contribution in [0.4, 0.5) is 0 Å². The SMILES string of the molecule is [NH3+]C[C@@H](O)[C@H](O)[C@@H](O)[C@@H](O)CO. The zero-order valence-corrected chi connectivity index (χ0v) is 6.67. The van der Waals surface area contributed by atoms with Gasteiger partial charge in [0.05, 0.1) is 6.61 Å². The van der Waals surface area contributed by atoms with Crippen LogP contribution in [0.5, 0.6) is 0 Å². The van der Waals surface area contributed by atoms with Crippen molar-refractivity contribution in [2.24, 2.45) is 0 Å². The molecule has 12 heavy (non-hydrogen) atoms. The van der Waals surface area contributed by atoms with Gasteiger partial charge in [0, 0.05) is 0 Å². The lowest BCUT2D eigenvalue weighted by Gasteiger charge is -2.23. The normalized spacial score (nSPS) is 21.5. The summed E-state index contributed by atoms with van der Waals surface area (Å²) in [5, 5.41) is 44.3. The topological polar surface area (TPSA) is 129 Å². The van der Waals surface area contributed by atoms with Crippen molar-refractivity contribution in [1.29, 1.82) is 0 Å². The third kappa shape index (κ3) is 3.02. The van der Waals surface area contributed by atoms with Gasteiger partial charge < -0.3 is 31.3 Å². The first kappa shape index (κ1) is 11.8. The van der Waals surface area contributed by atoms with Gasteiger partial charge in [0.2, 0.25) is 0 Å². The van der Waals surface area contributed by atoms with E-state index in [0.717, 1.165) is 0 Å². The Labute approximate surface area is 69.9 Å². The number of rotatable bonds is 5. The van der Waals surface area contributed by atoms with Gasteiger partial charge >= 0.3 is 0 Å². The second-order valence-electron chi connectivity index (χ2n) is 2.59. The molecule has 0 spiro atoms. The van der Waals surface area contributed by atoms with Gasteiger partial charge in [0.25, 0.3) is 0 Å². The summed E-state index contributed by atoms with van der Waals surface area (Å²) < 4.78 is 0. The van der Waals surface area contributed by atoms with E-state index in [1.165, 1.54) is 0 Å². The number of aliphatic hydroxyl groups excluding tert-OH is 5. The largest absolute Gasteiger partial charge is 0.394 e. The Morgan fingerprint density at radius 2 is 1.33 bits per heavy atom. The fraction of sp³-hybridized carbons (Fsp3) is 1.00. The molecule has 74 valence electrons. The molecule has 0 heterocycles. The van der Waals surface area contributed by atoms with Gasteiger partial charge in [-0.1, -0.05) is 0 Å². The van der Waals surface area contributed by atoms with Crippen LogP contribution in [0.1, 0.15) is 0 Å². The monoisotopic (exact) mass is 182 g/mol. The maximum absolute atomic E-state index is 9.08. The minimum absolute atomic E-state index is 0.0242. The lowest BCUT2D eigenvalue weighted by atomic mass is 10.0. The first-order chi connectivity index (χ1) is 5.54. The third-order valence-corrected chi connectivity index (χ3v) is 1.62. The molecular weight excluding hydrogens is 166 g/mol. The summed E-state index contributed by atoms with van der Waals surface area (Å²) in [4.78, 5) is 0. The molecule has 0 aliphatic rings. The quantitative estimate of drug-likeness (QED) is 0.256. The first-order valence-corrected chi connectivity index (χ1v) is 3.67. The molecule has 6 heteroatoms. The van der Waals surface area contributed by atoms with Crippen LogP contribution in [0.25, 0.3) is 0 Å². The van der Waals surface area contributed by atoms with Gasteiger partial charge in [-0.3, -0.25) is 0 Å². The first-order valence-electron chi connectivity index (χ1n) is 3.67. The van der Waals surface area contributed by atoms with E-state index in [9.17, 15) is 0 Å². The number of hydrogen-bond acceptors (Lipinski definition) is 5. The molecule has 0 bridgehead atoms. The highest BCUT2D eigenvalue weighted by Crippen LogP contribution is 2.03. The summed E-state index contributed by atoms with van der Waals surface area (Å²) in [5.74, 6) is 0. The molecule has 0 unspecified atom stereocenters. The molecule has 0 aromatic carbocycles. The van der Waals surface area contributed by atoms with E-state index >= 15 is 0 Å². The molecule has 0 aliphatic heterocycles. The molecule has 6 nitrogen and oxygen atoms in total. The van der Waals surface area contributed by atoms with Crippen molar-refractivity contribution in [2.45, 2.75) is 24.4 Å². The summed E-state index contributed by atoms with van der Waals surface area (Å²) >= 11 is 0. The number of quaternary nitrogens is 1. The summed E-state index contributed by atoms with van der Waals surface area (Å²) in [7, 11) is 0. The van der Waals surface area contributed by atoms with E-state index in [0.29, 0.717) is 0 Å². The van der Waals surface area contributed by atoms with Gasteiger partial charge in [-0.05, 0) is 0 Å². The molecule has 4 atom stereocenters. The van der Waals surface area contributed by atoms with Crippen LogP contribution >= 0.6 is 0 Å². The van der Waals surface area contributed by atoms with Crippen LogP contribution in [0, 0.1) is 0 Å². The zero-order valence-electron chi connectivity index (χ0n) is 6.67. The van der Waals surface area contributed by atoms with Crippen molar-refractivity contribution in [3.63, 3.8) is 0 Å². The van der Waals surface area contributed by atoms with E-state index in [2.05, 4.69) is 5.73 Å². The predicted molar refractivity (Wildman–Crippen MR) is 38.9 cm³/mol.